The summed E-state index contributed by atoms with van der Waals surface area (Å²) in [5, 5.41) is 2.65. The van der Waals surface area contributed by atoms with Gasteiger partial charge in [0.25, 0.3) is 5.91 Å². The molecular weight excluding hydrogens is 290 g/mol. The highest BCUT2D eigenvalue weighted by atomic mass is 16.2. The van der Waals surface area contributed by atoms with Crippen LogP contribution in [0.2, 0.25) is 0 Å². The molecule has 1 aromatic carbocycles. The topological polar surface area (TPSA) is 63.5 Å². The molecule has 116 valence electrons. The highest BCUT2D eigenvalue weighted by Crippen LogP contribution is 2.06. The van der Waals surface area contributed by atoms with Crippen molar-refractivity contribution in [2.24, 2.45) is 0 Å². The van der Waals surface area contributed by atoms with Crippen LogP contribution in [0.4, 0.5) is 0 Å². The lowest BCUT2D eigenvalue weighted by atomic mass is 10.1. The number of Topliss-reactive ketones (excluding diaryl/α,β-unsaturated/α-hetero) is 1. The molecule has 0 fully saturated rings. The number of aryl methyl sites for hydroxylation is 1. The number of carbonyl (C=O) groups is 2. The zero-order valence-corrected chi connectivity index (χ0v) is 12.8. The van der Waals surface area contributed by atoms with Crippen LogP contribution in [0.1, 0.15) is 21.6 Å². The molecule has 0 bridgehead atoms. The summed E-state index contributed by atoms with van der Waals surface area (Å²) in [6.45, 7) is 2.31. The minimum Gasteiger partial charge on any atom is -0.349 e. The number of benzene rings is 1. The van der Waals surface area contributed by atoms with Crippen LogP contribution < -0.4 is 5.32 Å². The Kier molecular flexibility index (Phi) is 4.19. The van der Waals surface area contributed by atoms with E-state index in [4.69, 9.17) is 0 Å². The van der Waals surface area contributed by atoms with E-state index in [0.29, 0.717) is 18.5 Å². The van der Waals surface area contributed by atoms with Crippen molar-refractivity contribution >= 4 is 17.3 Å². The second-order valence-electron chi connectivity index (χ2n) is 5.40. The minimum absolute atomic E-state index is 0.375. The van der Waals surface area contributed by atoms with Gasteiger partial charge in [-0.05, 0) is 19.1 Å². The second kappa shape index (κ2) is 6.44. The average Bonchev–Trinajstić information content (AvgIpc) is 2.97. The number of hydrogen-bond donors (Lipinski definition) is 1. The molecule has 2 heterocycles. The molecule has 0 saturated carbocycles. The van der Waals surface area contributed by atoms with Gasteiger partial charge in [0, 0.05) is 30.9 Å². The molecule has 0 aliphatic carbocycles. The van der Waals surface area contributed by atoms with Gasteiger partial charge in [0.1, 0.15) is 5.65 Å². The third-order valence-electron chi connectivity index (χ3n) is 3.60. The van der Waals surface area contributed by atoms with Crippen LogP contribution in [0.3, 0.4) is 0 Å². The maximum atomic E-state index is 12.0. The molecule has 0 saturated heterocycles. The van der Waals surface area contributed by atoms with E-state index in [1.165, 1.54) is 0 Å². The fourth-order valence-electron chi connectivity index (χ4n) is 2.33. The molecule has 0 aliphatic rings. The van der Waals surface area contributed by atoms with Gasteiger partial charge in [-0.15, -0.1) is 0 Å². The van der Waals surface area contributed by atoms with E-state index < -0.39 is 11.7 Å². The number of hydrogen-bond acceptors (Lipinski definition) is 3. The van der Waals surface area contributed by atoms with Crippen molar-refractivity contribution in [1.29, 1.82) is 0 Å². The number of imidazole rings is 1. The number of carbonyl (C=O) groups excluding carboxylic acids is 2. The molecule has 5 heteroatoms. The maximum Gasteiger partial charge on any atom is 0.292 e. The van der Waals surface area contributed by atoms with Gasteiger partial charge in [-0.2, -0.15) is 0 Å². The summed E-state index contributed by atoms with van der Waals surface area (Å²) in [5.74, 6) is -1.10. The predicted molar refractivity (Wildman–Crippen MR) is 87.4 cm³/mol. The lowest BCUT2D eigenvalue weighted by Gasteiger charge is -2.03. The first-order valence-corrected chi connectivity index (χ1v) is 7.45. The van der Waals surface area contributed by atoms with Crippen LogP contribution in [-0.4, -0.2) is 27.6 Å². The molecule has 2 aromatic heterocycles. The Balaban J connectivity index is 1.56. The number of amides is 1. The maximum absolute atomic E-state index is 12.0. The van der Waals surface area contributed by atoms with Crippen LogP contribution in [-0.2, 0) is 11.2 Å². The van der Waals surface area contributed by atoms with Gasteiger partial charge in [0.15, 0.2) is 0 Å². The van der Waals surface area contributed by atoms with Gasteiger partial charge in [0.05, 0.1) is 5.69 Å². The Morgan fingerprint density at radius 2 is 1.91 bits per heavy atom. The van der Waals surface area contributed by atoms with E-state index in [1.54, 1.807) is 12.1 Å². The Morgan fingerprint density at radius 1 is 1.13 bits per heavy atom. The third-order valence-corrected chi connectivity index (χ3v) is 3.60. The van der Waals surface area contributed by atoms with E-state index in [0.717, 1.165) is 16.9 Å². The lowest BCUT2D eigenvalue weighted by Crippen LogP contribution is -2.32. The van der Waals surface area contributed by atoms with E-state index in [9.17, 15) is 9.59 Å². The van der Waals surface area contributed by atoms with Crippen LogP contribution in [0.25, 0.3) is 5.65 Å². The summed E-state index contributed by atoms with van der Waals surface area (Å²) in [6.07, 6.45) is 4.42. The minimum atomic E-state index is -0.586. The van der Waals surface area contributed by atoms with Gasteiger partial charge in [-0.3, -0.25) is 9.59 Å². The van der Waals surface area contributed by atoms with E-state index in [-0.39, 0.29) is 0 Å². The van der Waals surface area contributed by atoms with Crippen molar-refractivity contribution in [3.63, 3.8) is 0 Å². The van der Waals surface area contributed by atoms with E-state index in [2.05, 4.69) is 10.3 Å². The summed E-state index contributed by atoms with van der Waals surface area (Å²) in [5.41, 5.74) is 3.19. The Labute approximate surface area is 134 Å². The van der Waals surface area contributed by atoms with Gasteiger partial charge in [-0.1, -0.05) is 35.9 Å². The molecule has 5 nitrogen and oxygen atoms in total. The molecule has 0 spiro atoms. The summed E-state index contributed by atoms with van der Waals surface area (Å²) in [7, 11) is 0. The zero-order chi connectivity index (χ0) is 16.2. The smallest absolute Gasteiger partial charge is 0.292 e. The summed E-state index contributed by atoms with van der Waals surface area (Å²) in [4.78, 5) is 28.4. The van der Waals surface area contributed by atoms with Crippen molar-refractivity contribution in [3.8, 4) is 0 Å². The summed E-state index contributed by atoms with van der Waals surface area (Å²) >= 11 is 0. The fraction of sp³-hybridized carbons (Fsp3) is 0.167. The van der Waals surface area contributed by atoms with Crippen molar-refractivity contribution in [2.75, 3.05) is 6.54 Å². The van der Waals surface area contributed by atoms with Gasteiger partial charge >= 0.3 is 0 Å². The summed E-state index contributed by atoms with van der Waals surface area (Å²) < 4.78 is 1.93. The molecule has 0 radical (unpaired) electrons. The van der Waals surface area contributed by atoms with Gasteiger partial charge < -0.3 is 9.72 Å². The van der Waals surface area contributed by atoms with Crippen molar-refractivity contribution < 1.29 is 9.59 Å². The number of rotatable bonds is 5. The summed E-state index contributed by atoms with van der Waals surface area (Å²) in [6, 6.07) is 12.7. The Hall–Kier alpha value is -2.95. The largest absolute Gasteiger partial charge is 0.349 e. The molecule has 0 atom stereocenters. The number of aromatic nitrogens is 2. The predicted octanol–water partition coefficient (Wildman–Crippen LogP) is 2.18. The molecule has 23 heavy (non-hydrogen) atoms. The van der Waals surface area contributed by atoms with Crippen LogP contribution in [0.5, 0.6) is 0 Å². The first kappa shape index (κ1) is 15.0. The SMILES string of the molecule is Cc1ccc(C(=O)C(=O)NCCc2cn3ccccc3n2)cc1. The van der Waals surface area contributed by atoms with Gasteiger partial charge in [0.2, 0.25) is 5.78 Å². The van der Waals surface area contributed by atoms with Crippen molar-refractivity contribution in [1.82, 2.24) is 14.7 Å². The van der Waals surface area contributed by atoms with Crippen molar-refractivity contribution in [2.45, 2.75) is 13.3 Å². The number of ketones is 1. The number of fused-ring (bicyclic) bond motifs is 1. The Morgan fingerprint density at radius 3 is 2.65 bits per heavy atom. The van der Waals surface area contributed by atoms with Crippen molar-refractivity contribution in [3.05, 3.63) is 71.7 Å². The first-order chi connectivity index (χ1) is 11.1. The quantitative estimate of drug-likeness (QED) is 0.580. The zero-order valence-electron chi connectivity index (χ0n) is 12.8. The van der Waals surface area contributed by atoms with Crippen LogP contribution >= 0.6 is 0 Å². The normalized spacial score (nSPS) is 10.7. The molecule has 1 amide bonds. The highest BCUT2D eigenvalue weighted by molar-refractivity contribution is 6.42. The molecule has 0 aliphatic heterocycles. The molecular formula is C18H17N3O2. The Bertz CT molecular complexity index is 817. The molecule has 3 aromatic rings. The standard InChI is InChI=1S/C18H17N3O2/c1-13-5-7-14(8-6-13)17(22)18(23)19-10-9-15-12-21-11-3-2-4-16(21)20-15/h2-8,11-12H,9-10H2,1H3,(H,19,23). The monoisotopic (exact) mass is 307 g/mol. The molecule has 1 N–H and O–H groups in total. The molecule has 0 unspecified atom stereocenters. The average molecular weight is 307 g/mol. The van der Waals surface area contributed by atoms with E-state index in [1.807, 2.05) is 54.0 Å². The second-order valence-corrected chi connectivity index (χ2v) is 5.40. The fourth-order valence-corrected chi connectivity index (χ4v) is 2.33. The lowest BCUT2D eigenvalue weighted by molar-refractivity contribution is -0.116. The number of pyridine rings is 1. The van der Waals surface area contributed by atoms with E-state index >= 15 is 0 Å². The third kappa shape index (κ3) is 3.45. The molecule has 3 rings (SSSR count). The van der Waals surface area contributed by atoms with Gasteiger partial charge in [-0.25, -0.2) is 4.98 Å². The number of nitrogens with zero attached hydrogens (tertiary/aromatic N) is 2. The van der Waals surface area contributed by atoms with Crippen LogP contribution in [0.15, 0.2) is 54.9 Å². The first-order valence-electron chi connectivity index (χ1n) is 7.45. The van der Waals surface area contributed by atoms with Crippen LogP contribution in [0, 0.1) is 6.92 Å². The number of nitrogens with one attached hydrogen (secondary N) is 1. The highest BCUT2D eigenvalue weighted by Gasteiger charge is 2.15.